The fourth-order valence-corrected chi connectivity index (χ4v) is 1.31. The molecule has 0 heterocycles. The molecule has 1 amide bonds. The normalized spacial score (nSPS) is 10.9. The molecule has 0 saturated heterocycles. The standard InChI is InChI=1S/C13H16F2N2O2/c1-2-7-19-11-6-4-3-5-10(11)12(18)17-9-13(14,15)8-16/h2-6H,1,7-9,16H2,(H,17,18). The Hall–Kier alpha value is -1.95. The number of carbonyl (C=O) groups excluding carboxylic acids is 1. The third-order valence-corrected chi connectivity index (χ3v) is 2.29. The van der Waals surface area contributed by atoms with Gasteiger partial charge < -0.3 is 15.8 Å². The van der Waals surface area contributed by atoms with Crippen LogP contribution in [0.25, 0.3) is 0 Å². The molecule has 19 heavy (non-hydrogen) atoms. The number of amides is 1. The van der Waals surface area contributed by atoms with E-state index in [2.05, 4.69) is 11.9 Å². The first-order valence-electron chi connectivity index (χ1n) is 5.69. The summed E-state index contributed by atoms with van der Waals surface area (Å²) in [6, 6.07) is 6.38. The van der Waals surface area contributed by atoms with Crippen molar-refractivity contribution in [1.29, 1.82) is 0 Å². The van der Waals surface area contributed by atoms with E-state index >= 15 is 0 Å². The molecule has 0 unspecified atom stereocenters. The van der Waals surface area contributed by atoms with Gasteiger partial charge in [-0.05, 0) is 12.1 Å². The average Bonchev–Trinajstić information content (AvgIpc) is 2.43. The second kappa shape index (κ2) is 6.84. The van der Waals surface area contributed by atoms with Crippen LogP contribution in [0.4, 0.5) is 8.78 Å². The summed E-state index contributed by atoms with van der Waals surface area (Å²) in [4.78, 5) is 11.8. The second-order valence-electron chi connectivity index (χ2n) is 3.84. The van der Waals surface area contributed by atoms with Crippen molar-refractivity contribution >= 4 is 5.91 Å². The lowest BCUT2D eigenvalue weighted by atomic mass is 10.2. The van der Waals surface area contributed by atoms with E-state index in [4.69, 9.17) is 10.5 Å². The molecule has 4 nitrogen and oxygen atoms in total. The van der Waals surface area contributed by atoms with Gasteiger partial charge in [-0.25, -0.2) is 8.78 Å². The summed E-state index contributed by atoms with van der Waals surface area (Å²) >= 11 is 0. The summed E-state index contributed by atoms with van der Waals surface area (Å²) in [5.74, 6) is -3.43. The van der Waals surface area contributed by atoms with Crippen LogP contribution in [0.1, 0.15) is 10.4 Å². The van der Waals surface area contributed by atoms with Crippen molar-refractivity contribution < 1.29 is 18.3 Å². The summed E-state index contributed by atoms with van der Waals surface area (Å²) in [7, 11) is 0. The number of benzene rings is 1. The molecule has 6 heteroatoms. The molecule has 3 N–H and O–H groups in total. The van der Waals surface area contributed by atoms with Crippen LogP contribution in [0.2, 0.25) is 0 Å². The zero-order chi connectivity index (χ0) is 14.3. The minimum Gasteiger partial charge on any atom is -0.489 e. The van der Waals surface area contributed by atoms with Crippen molar-refractivity contribution in [2.24, 2.45) is 5.73 Å². The average molecular weight is 270 g/mol. The predicted molar refractivity (Wildman–Crippen MR) is 68.5 cm³/mol. The number of para-hydroxylation sites is 1. The van der Waals surface area contributed by atoms with Gasteiger partial charge in [-0.1, -0.05) is 24.8 Å². The number of halogens is 2. The monoisotopic (exact) mass is 270 g/mol. The molecular formula is C13H16F2N2O2. The molecule has 1 aromatic rings. The maximum Gasteiger partial charge on any atom is 0.277 e. The topological polar surface area (TPSA) is 64.3 Å². The molecule has 0 radical (unpaired) electrons. The smallest absolute Gasteiger partial charge is 0.277 e. The lowest BCUT2D eigenvalue weighted by molar-refractivity contribution is 0.0118. The van der Waals surface area contributed by atoms with Gasteiger partial charge in [0.2, 0.25) is 0 Å². The first-order chi connectivity index (χ1) is 9.00. The van der Waals surface area contributed by atoms with E-state index in [1.807, 2.05) is 0 Å². The van der Waals surface area contributed by atoms with Crippen LogP contribution in [0.3, 0.4) is 0 Å². The van der Waals surface area contributed by atoms with Gasteiger partial charge in [0, 0.05) is 0 Å². The van der Waals surface area contributed by atoms with Crippen LogP contribution in [0.15, 0.2) is 36.9 Å². The summed E-state index contributed by atoms with van der Waals surface area (Å²) in [5.41, 5.74) is 5.08. The van der Waals surface area contributed by atoms with Crippen LogP contribution in [0.5, 0.6) is 5.75 Å². The molecule has 0 fully saturated rings. The van der Waals surface area contributed by atoms with Gasteiger partial charge in [0.1, 0.15) is 12.4 Å². The second-order valence-corrected chi connectivity index (χ2v) is 3.84. The lowest BCUT2D eigenvalue weighted by Crippen LogP contribution is -2.41. The molecule has 1 aromatic carbocycles. The summed E-state index contributed by atoms with van der Waals surface area (Å²) < 4.78 is 31.2. The third kappa shape index (κ3) is 4.67. The Kier molecular flexibility index (Phi) is 5.44. The zero-order valence-electron chi connectivity index (χ0n) is 10.4. The Morgan fingerprint density at radius 3 is 2.79 bits per heavy atom. The quantitative estimate of drug-likeness (QED) is 0.739. The highest BCUT2D eigenvalue weighted by Crippen LogP contribution is 2.18. The Labute approximate surface area is 110 Å². The number of ether oxygens (including phenoxy) is 1. The highest BCUT2D eigenvalue weighted by molar-refractivity contribution is 5.96. The van der Waals surface area contributed by atoms with Gasteiger partial charge in [-0.2, -0.15) is 0 Å². The Morgan fingerprint density at radius 1 is 1.47 bits per heavy atom. The van der Waals surface area contributed by atoms with Crippen molar-refractivity contribution in [1.82, 2.24) is 5.32 Å². The molecule has 0 bridgehead atoms. The maximum absolute atomic E-state index is 12.9. The minimum atomic E-state index is -3.12. The Bertz CT molecular complexity index is 450. The van der Waals surface area contributed by atoms with Crippen LogP contribution >= 0.6 is 0 Å². The largest absolute Gasteiger partial charge is 0.489 e. The van der Waals surface area contributed by atoms with E-state index in [1.54, 1.807) is 18.2 Å². The van der Waals surface area contributed by atoms with E-state index in [0.717, 1.165) is 0 Å². The summed E-state index contributed by atoms with van der Waals surface area (Å²) in [6.45, 7) is 2.09. The van der Waals surface area contributed by atoms with Gasteiger partial charge in [0.05, 0.1) is 18.7 Å². The number of carbonyl (C=O) groups is 1. The van der Waals surface area contributed by atoms with Gasteiger partial charge in [0.25, 0.3) is 11.8 Å². The molecule has 0 atom stereocenters. The van der Waals surface area contributed by atoms with Gasteiger partial charge in [0.15, 0.2) is 0 Å². The van der Waals surface area contributed by atoms with Crippen molar-refractivity contribution in [3.05, 3.63) is 42.5 Å². The first kappa shape index (κ1) is 15.1. The Balaban J connectivity index is 2.73. The number of nitrogens with one attached hydrogen (secondary N) is 1. The lowest BCUT2D eigenvalue weighted by Gasteiger charge is -2.15. The SMILES string of the molecule is C=CCOc1ccccc1C(=O)NCC(F)(F)CN. The number of alkyl halides is 2. The number of hydrogen-bond donors (Lipinski definition) is 2. The molecule has 104 valence electrons. The fourth-order valence-electron chi connectivity index (χ4n) is 1.31. The van der Waals surface area contributed by atoms with Crippen molar-refractivity contribution in [2.75, 3.05) is 19.7 Å². The molecule has 0 aliphatic rings. The van der Waals surface area contributed by atoms with E-state index in [1.165, 1.54) is 12.1 Å². The van der Waals surface area contributed by atoms with E-state index in [-0.39, 0.29) is 12.2 Å². The van der Waals surface area contributed by atoms with Crippen LogP contribution in [-0.2, 0) is 0 Å². The highest BCUT2D eigenvalue weighted by atomic mass is 19.3. The molecule has 0 spiro atoms. The summed E-state index contributed by atoms with van der Waals surface area (Å²) in [5, 5.41) is 2.13. The maximum atomic E-state index is 12.9. The number of hydrogen-bond acceptors (Lipinski definition) is 3. The summed E-state index contributed by atoms with van der Waals surface area (Å²) in [6.07, 6.45) is 1.53. The van der Waals surface area contributed by atoms with Gasteiger partial charge >= 0.3 is 0 Å². The number of nitrogens with two attached hydrogens (primary N) is 1. The van der Waals surface area contributed by atoms with E-state index in [0.29, 0.717) is 5.75 Å². The van der Waals surface area contributed by atoms with Crippen molar-refractivity contribution in [2.45, 2.75) is 5.92 Å². The number of rotatable bonds is 7. The van der Waals surface area contributed by atoms with Crippen molar-refractivity contribution in [3.8, 4) is 5.75 Å². The molecule has 0 aliphatic heterocycles. The minimum absolute atomic E-state index is 0.192. The first-order valence-corrected chi connectivity index (χ1v) is 5.69. The molecule has 0 aliphatic carbocycles. The van der Waals surface area contributed by atoms with E-state index in [9.17, 15) is 13.6 Å². The molecule has 1 rings (SSSR count). The van der Waals surface area contributed by atoms with Crippen molar-refractivity contribution in [3.63, 3.8) is 0 Å². The highest BCUT2D eigenvalue weighted by Gasteiger charge is 2.27. The predicted octanol–water partition coefficient (Wildman–Crippen LogP) is 1.58. The van der Waals surface area contributed by atoms with E-state index < -0.39 is 24.9 Å². The van der Waals surface area contributed by atoms with Crippen LogP contribution in [0, 0.1) is 0 Å². The molecule has 0 aromatic heterocycles. The zero-order valence-corrected chi connectivity index (χ0v) is 10.4. The van der Waals surface area contributed by atoms with Crippen LogP contribution < -0.4 is 15.8 Å². The van der Waals surface area contributed by atoms with Crippen LogP contribution in [-0.4, -0.2) is 31.5 Å². The molecule has 0 saturated carbocycles. The van der Waals surface area contributed by atoms with Gasteiger partial charge in [-0.3, -0.25) is 4.79 Å². The third-order valence-electron chi connectivity index (χ3n) is 2.29. The van der Waals surface area contributed by atoms with Gasteiger partial charge in [-0.15, -0.1) is 0 Å². The Morgan fingerprint density at radius 2 is 2.16 bits per heavy atom. The molecular weight excluding hydrogens is 254 g/mol. The fraction of sp³-hybridized carbons (Fsp3) is 0.308.